The first kappa shape index (κ1) is 17.5. The molecule has 1 aliphatic carbocycles. The van der Waals surface area contributed by atoms with Crippen LogP contribution < -0.4 is 5.32 Å². The molecule has 0 bridgehead atoms. The first-order chi connectivity index (χ1) is 12.0. The number of rotatable bonds is 5. The molecule has 0 saturated carbocycles. The largest absolute Gasteiger partial charge is 0.352 e. The summed E-state index contributed by atoms with van der Waals surface area (Å²) >= 11 is 0. The highest BCUT2D eigenvalue weighted by Gasteiger charge is 2.23. The maximum absolute atomic E-state index is 14.5. The van der Waals surface area contributed by atoms with Gasteiger partial charge in [-0.15, -0.1) is 0 Å². The molecule has 0 aliphatic heterocycles. The van der Waals surface area contributed by atoms with Gasteiger partial charge in [0.1, 0.15) is 17.6 Å². The number of fused-ring (bicyclic) bond motifs is 2. The summed E-state index contributed by atoms with van der Waals surface area (Å²) in [5, 5.41) is 3.28. The SMILES string of the molecule is CC(C)C1CCc2nc3c(F)cc(C(=O)NCCC=O)cc3cc2C1. The summed E-state index contributed by atoms with van der Waals surface area (Å²) in [5.41, 5.74) is 2.72. The number of carbonyl (C=O) groups excluding carboxylic acids is 2. The van der Waals surface area contributed by atoms with E-state index < -0.39 is 5.82 Å². The van der Waals surface area contributed by atoms with Gasteiger partial charge in [0.2, 0.25) is 0 Å². The molecule has 132 valence electrons. The number of aryl methyl sites for hydroxylation is 1. The van der Waals surface area contributed by atoms with Gasteiger partial charge in [-0.2, -0.15) is 0 Å². The van der Waals surface area contributed by atoms with Gasteiger partial charge in [0.05, 0.1) is 0 Å². The molecule has 1 amide bonds. The molecule has 1 aliphatic rings. The quantitative estimate of drug-likeness (QED) is 0.669. The van der Waals surface area contributed by atoms with E-state index in [1.165, 1.54) is 6.07 Å². The van der Waals surface area contributed by atoms with E-state index in [2.05, 4.69) is 24.1 Å². The van der Waals surface area contributed by atoms with E-state index in [1.807, 2.05) is 6.07 Å². The minimum absolute atomic E-state index is 0.244. The Balaban J connectivity index is 1.94. The molecule has 4 nitrogen and oxygen atoms in total. The molecular weight excluding hydrogens is 319 g/mol. The molecule has 1 atom stereocenters. The maximum atomic E-state index is 14.5. The summed E-state index contributed by atoms with van der Waals surface area (Å²) < 4.78 is 14.5. The molecule has 2 aromatic rings. The number of benzene rings is 1. The molecule has 0 saturated heterocycles. The van der Waals surface area contributed by atoms with Crippen LogP contribution in [0.5, 0.6) is 0 Å². The van der Waals surface area contributed by atoms with Crippen molar-refractivity contribution in [2.75, 3.05) is 6.54 Å². The van der Waals surface area contributed by atoms with Crippen LogP contribution in [0.2, 0.25) is 0 Å². The average Bonchev–Trinajstić information content (AvgIpc) is 2.59. The average molecular weight is 342 g/mol. The standard InChI is InChI=1S/C20H23FN2O2/c1-12(2)13-4-5-18-14(8-13)9-15-10-16(11-17(21)19(15)23-18)20(25)22-6-3-7-24/h7,9-13H,3-6,8H2,1-2H3,(H,22,25). The van der Waals surface area contributed by atoms with Gasteiger partial charge in [-0.25, -0.2) is 9.37 Å². The van der Waals surface area contributed by atoms with Crippen molar-refractivity contribution in [3.63, 3.8) is 0 Å². The lowest BCUT2D eigenvalue weighted by Gasteiger charge is -2.27. The van der Waals surface area contributed by atoms with Crippen molar-refractivity contribution in [3.8, 4) is 0 Å². The van der Waals surface area contributed by atoms with Gasteiger partial charge in [-0.3, -0.25) is 4.79 Å². The fraction of sp³-hybridized carbons (Fsp3) is 0.450. The van der Waals surface area contributed by atoms with E-state index in [-0.39, 0.29) is 24.4 Å². The van der Waals surface area contributed by atoms with Crippen molar-refractivity contribution in [1.29, 1.82) is 0 Å². The van der Waals surface area contributed by atoms with E-state index in [0.717, 1.165) is 36.8 Å². The first-order valence-electron chi connectivity index (χ1n) is 8.83. The Hall–Kier alpha value is -2.30. The second-order valence-corrected chi connectivity index (χ2v) is 7.08. The van der Waals surface area contributed by atoms with Crippen LogP contribution in [0, 0.1) is 17.7 Å². The molecule has 25 heavy (non-hydrogen) atoms. The molecule has 1 N–H and O–H groups in total. The van der Waals surface area contributed by atoms with Crippen LogP contribution in [0.4, 0.5) is 4.39 Å². The van der Waals surface area contributed by atoms with E-state index in [9.17, 15) is 14.0 Å². The minimum atomic E-state index is -0.480. The topological polar surface area (TPSA) is 59.1 Å². The lowest BCUT2D eigenvalue weighted by Crippen LogP contribution is -2.25. The van der Waals surface area contributed by atoms with Gasteiger partial charge in [0.15, 0.2) is 0 Å². The van der Waals surface area contributed by atoms with Crippen molar-refractivity contribution < 1.29 is 14.0 Å². The monoisotopic (exact) mass is 342 g/mol. The first-order valence-corrected chi connectivity index (χ1v) is 8.83. The van der Waals surface area contributed by atoms with Gasteiger partial charge in [-0.05, 0) is 54.9 Å². The summed E-state index contributed by atoms with van der Waals surface area (Å²) in [5.74, 6) is 0.370. The Morgan fingerprint density at radius 3 is 2.92 bits per heavy atom. The second kappa shape index (κ2) is 7.30. The molecule has 0 fully saturated rings. The number of nitrogens with one attached hydrogen (secondary N) is 1. The van der Waals surface area contributed by atoms with Crippen molar-refractivity contribution in [1.82, 2.24) is 10.3 Å². The summed E-state index contributed by atoms with van der Waals surface area (Å²) in [6.45, 7) is 4.71. The Bertz CT molecular complexity index is 817. The van der Waals surface area contributed by atoms with Crippen LogP contribution in [0.25, 0.3) is 10.9 Å². The Morgan fingerprint density at radius 2 is 2.20 bits per heavy atom. The Kier molecular flexibility index (Phi) is 5.11. The highest BCUT2D eigenvalue weighted by molar-refractivity contribution is 5.98. The van der Waals surface area contributed by atoms with Crippen molar-refractivity contribution in [2.24, 2.45) is 11.8 Å². The fourth-order valence-electron chi connectivity index (χ4n) is 3.47. The number of hydrogen-bond donors (Lipinski definition) is 1. The molecule has 3 rings (SSSR count). The third-order valence-electron chi connectivity index (χ3n) is 5.03. The molecule has 5 heteroatoms. The summed E-state index contributed by atoms with van der Waals surface area (Å²) in [6.07, 6.45) is 3.90. The van der Waals surface area contributed by atoms with Crippen LogP contribution in [-0.4, -0.2) is 23.7 Å². The molecular formula is C20H23FN2O2. The van der Waals surface area contributed by atoms with Crippen molar-refractivity contribution >= 4 is 23.1 Å². The Morgan fingerprint density at radius 1 is 1.40 bits per heavy atom. The van der Waals surface area contributed by atoms with Crippen molar-refractivity contribution in [3.05, 3.63) is 40.8 Å². The Labute approximate surface area is 146 Å². The highest BCUT2D eigenvalue weighted by Crippen LogP contribution is 2.32. The van der Waals surface area contributed by atoms with E-state index in [1.54, 1.807) is 6.07 Å². The zero-order chi connectivity index (χ0) is 18.0. The zero-order valence-corrected chi connectivity index (χ0v) is 14.6. The molecule has 1 heterocycles. The molecule has 0 radical (unpaired) electrons. The molecule has 1 aromatic heterocycles. The lowest BCUT2D eigenvalue weighted by atomic mass is 9.80. The molecule has 1 unspecified atom stereocenters. The number of amides is 1. The van der Waals surface area contributed by atoms with Crippen LogP contribution in [0.15, 0.2) is 18.2 Å². The van der Waals surface area contributed by atoms with Gasteiger partial charge in [0, 0.05) is 29.6 Å². The fourth-order valence-corrected chi connectivity index (χ4v) is 3.47. The third-order valence-corrected chi connectivity index (χ3v) is 5.03. The summed E-state index contributed by atoms with van der Waals surface area (Å²) in [7, 11) is 0. The molecule has 0 spiro atoms. The normalized spacial score (nSPS) is 16.7. The zero-order valence-electron chi connectivity index (χ0n) is 14.6. The smallest absolute Gasteiger partial charge is 0.251 e. The van der Waals surface area contributed by atoms with E-state index in [4.69, 9.17) is 0 Å². The second-order valence-electron chi connectivity index (χ2n) is 7.08. The third kappa shape index (κ3) is 3.70. The maximum Gasteiger partial charge on any atom is 0.251 e. The number of aromatic nitrogens is 1. The number of hydrogen-bond acceptors (Lipinski definition) is 3. The van der Waals surface area contributed by atoms with Gasteiger partial charge >= 0.3 is 0 Å². The van der Waals surface area contributed by atoms with Crippen LogP contribution >= 0.6 is 0 Å². The van der Waals surface area contributed by atoms with Crippen LogP contribution in [0.1, 0.15) is 48.3 Å². The summed E-state index contributed by atoms with van der Waals surface area (Å²) in [6, 6.07) is 4.89. The predicted octanol–water partition coefficient (Wildman–Crippen LogP) is 3.45. The number of pyridine rings is 1. The predicted molar refractivity (Wildman–Crippen MR) is 95.1 cm³/mol. The minimum Gasteiger partial charge on any atom is -0.352 e. The van der Waals surface area contributed by atoms with Gasteiger partial charge in [0.25, 0.3) is 5.91 Å². The van der Waals surface area contributed by atoms with E-state index in [0.29, 0.717) is 22.7 Å². The number of nitrogens with zero attached hydrogens (tertiary/aromatic N) is 1. The van der Waals surface area contributed by atoms with Gasteiger partial charge < -0.3 is 10.1 Å². The van der Waals surface area contributed by atoms with Crippen LogP contribution in [0.3, 0.4) is 0 Å². The number of carbonyl (C=O) groups is 2. The van der Waals surface area contributed by atoms with Crippen molar-refractivity contribution in [2.45, 2.75) is 39.5 Å². The lowest BCUT2D eigenvalue weighted by molar-refractivity contribution is -0.107. The van der Waals surface area contributed by atoms with Gasteiger partial charge in [-0.1, -0.05) is 13.8 Å². The number of halogens is 1. The summed E-state index contributed by atoms with van der Waals surface area (Å²) in [4.78, 5) is 27.0. The number of aldehydes is 1. The highest BCUT2D eigenvalue weighted by atomic mass is 19.1. The van der Waals surface area contributed by atoms with Crippen LogP contribution in [-0.2, 0) is 17.6 Å². The molecule has 1 aromatic carbocycles. The van der Waals surface area contributed by atoms with E-state index >= 15 is 0 Å².